The molecular formula is C33H34FN3O4. The van der Waals surface area contributed by atoms with Crippen LogP contribution in [0, 0.1) is 25.6 Å². The number of nitrogens with zero attached hydrogens (tertiary/aromatic N) is 2. The van der Waals surface area contributed by atoms with Gasteiger partial charge in [-0.1, -0.05) is 35.9 Å². The summed E-state index contributed by atoms with van der Waals surface area (Å²) in [6.07, 6.45) is 6.56. The molecule has 0 unspecified atom stereocenters. The fourth-order valence-corrected chi connectivity index (χ4v) is 5.50. The van der Waals surface area contributed by atoms with E-state index in [1.54, 1.807) is 24.4 Å². The van der Waals surface area contributed by atoms with Crippen LogP contribution in [0.3, 0.4) is 0 Å². The van der Waals surface area contributed by atoms with Gasteiger partial charge in [0.1, 0.15) is 17.4 Å². The highest BCUT2D eigenvalue weighted by Gasteiger charge is 2.22. The number of ketones is 1. The van der Waals surface area contributed by atoms with Gasteiger partial charge in [0.25, 0.3) is 0 Å². The fourth-order valence-electron chi connectivity index (χ4n) is 5.50. The van der Waals surface area contributed by atoms with Crippen LogP contribution in [-0.2, 0) is 17.7 Å². The molecular weight excluding hydrogens is 521 g/mol. The first-order valence-electron chi connectivity index (χ1n) is 13.7. The fraction of sp³-hybridized carbons (Fsp3) is 0.303. The van der Waals surface area contributed by atoms with Crippen LogP contribution < -0.4 is 15.9 Å². The van der Waals surface area contributed by atoms with Gasteiger partial charge in [0, 0.05) is 50.3 Å². The predicted octanol–water partition coefficient (Wildman–Crippen LogP) is 5.78. The highest BCUT2D eigenvalue weighted by molar-refractivity contribution is 5.98. The number of aryl methyl sites for hydroxylation is 2. The highest BCUT2D eigenvalue weighted by atomic mass is 19.1. The SMILES string of the molecule is COc1ccnc(N)c1-c1ccc(CC(=O)c2cn(CC3CCOCC3)cc(-c3ccc(C)cc3C)c2=O)c(F)c1. The van der Waals surface area contributed by atoms with Gasteiger partial charge in [-0.15, -0.1) is 0 Å². The van der Waals surface area contributed by atoms with Crippen molar-refractivity contribution in [2.75, 3.05) is 26.1 Å². The summed E-state index contributed by atoms with van der Waals surface area (Å²) < 4.78 is 28.2. The monoisotopic (exact) mass is 555 g/mol. The maximum absolute atomic E-state index is 15.4. The first kappa shape index (κ1) is 28.2. The second-order valence-corrected chi connectivity index (χ2v) is 10.7. The summed E-state index contributed by atoms with van der Waals surface area (Å²) in [6.45, 7) is 6.02. The summed E-state index contributed by atoms with van der Waals surface area (Å²) in [5.74, 6) is 0.0413. The molecule has 7 nitrogen and oxygen atoms in total. The Balaban J connectivity index is 1.50. The molecule has 0 amide bonds. The van der Waals surface area contributed by atoms with Crippen molar-refractivity contribution in [3.8, 4) is 28.0 Å². The molecule has 0 atom stereocenters. The molecule has 4 aromatic rings. The zero-order valence-electron chi connectivity index (χ0n) is 23.6. The lowest BCUT2D eigenvalue weighted by atomic mass is 9.95. The van der Waals surface area contributed by atoms with Crippen LogP contribution in [0.2, 0.25) is 0 Å². The van der Waals surface area contributed by atoms with E-state index in [9.17, 15) is 9.59 Å². The predicted molar refractivity (Wildman–Crippen MR) is 158 cm³/mol. The summed E-state index contributed by atoms with van der Waals surface area (Å²) in [5, 5.41) is 0. The molecule has 0 radical (unpaired) electrons. The number of rotatable bonds is 8. The molecule has 2 N–H and O–H groups in total. The molecule has 0 bridgehead atoms. The standard InChI is InChI=1S/C33H34FN3O4/c1-20-4-7-25(21(2)14-20)26-18-37(17-22-9-12-41-13-10-22)19-27(32(26)39)29(38)16-23-5-6-24(15-28(23)34)31-30(40-3)8-11-36-33(31)35/h4-8,11,14-15,18-19,22H,9-10,12-13,16-17H2,1-3H3,(H2,35,36). The average molecular weight is 556 g/mol. The number of halogens is 1. The lowest BCUT2D eigenvalue weighted by Crippen LogP contribution is -2.25. The van der Waals surface area contributed by atoms with Crippen LogP contribution >= 0.6 is 0 Å². The molecule has 5 rings (SSSR count). The molecule has 1 aliphatic heterocycles. The third kappa shape index (κ3) is 6.07. The number of carbonyl (C=O) groups is 1. The molecule has 41 heavy (non-hydrogen) atoms. The molecule has 212 valence electrons. The molecule has 1 aliphatic rings. The van der Waals surface area contributed by atoms with E-state index in [1.807, 2.05) is 42.8 Å². The van der Waals surface area contributed by atoms with Gasteiger partial charge in [0.2, 0.25) is 0 Å². The Hall–Kier alpha value is -4.30. The minimum atomic E-state index is -0.575. The first-order chi connectivity index (χ1) is 19.7. The number of nitrogen functional groups attached to an aromatic ring is 1. The molecule has 0 saturated carbocycles. The van der Waals surface area contributed by atoms with Gasteiger partial charge in [-0.25, -0.2) is 9.37 Å². The number of pyridine rings is 2. The third-order valence-electron chi connectivity index (χ3n) is 7.72. The number of benzene rings is 2. The Morgan fingerprint density at radius 1 is 1.10 bits per heavy atom. The number of ether oxygens (including phenoxy) is 2. The van der Waals surface area contributed by atoms with Crippen LogP contribution in [0.1, 0.15) is 39.9 Å². The minimum absolute atomic E-state index is 0.0520. The number of hydrogen-bond acceptors (Lipinski definition) is 6. The van der Waals surface area contributed by atoms with Crippen LogP contribution in [0.5, 0.6) is 5.75 Å². The van der Waals surface area contributed by atoms with Crippen molar-refractivity contribution in [2.45, 2.75) is 39.7 Å². The van der Waals surface area contributed by atoms with E-state index in [0.29, 0.717) is 48.1 Å². The van der Waals surface area contributed by atoms with Crippen LogP contribution in [0.4, 0.5) is 10.2 Å². The Kier molecular flexibility index (Phi) is 8.31. The van der Waals surface area contributed by atoms with E-state index in [2.05, 4.69) is 4.98 Å². The number of hydrogen-bond donors (Lipinski definition) is 1. The largest absolute Gasteiger partial charge is 0.496 e. The van der Waals surface area contributed by atoms with Crippen molar-refractivity contribution in [1.82, 2.24) is 9.55 Å². The van der Waals surface area contributed by atoms with E-state index < -0.39 is 11.6 Å². The summed E-state index contributed by atoms with van der Waals surface area (Å²) in [4.78, 5) is 31.4. The first-order valence-corrected chi connectivity index (χ1v) is 13.7. The second kappa shape index (κ2) is 12.1. The van der Waals surface area contributed by atoms with Crippen molar-refractivity contribution >= 4 is 11.6 Å². The minimum Gasteiger partial charge on any atom is -0.496 e. The zero-order chi connectivity index (χ0) is 29.1. The van der Waals surface area contributed by atoms with E-state index >= 15 is 4.39 Å². The molecule has 1 fully saturated rings. The quantitative estimate of drug-likeness (QED) is 0.277. The van der Waals surface area contributed by atoms with Crippen molar-refractivity contribution in [2.24, 2.45) is 5.92 Å². The highest BCUT2D eigenvalue weighted by Crippen LogP contribution is 2.34. The number of carbonyl (C=O) groups excluding carboxylic acids is 1. The van der Waals surface area contributed by atoms with Gasteiger partial charge >= 0.3 is 0 Å². The van der Waals surface area contributed by atoms with Gasteiger partial charge in [0.15, 0.2) is 11.2 Å². The van der Waals surface area contributed by atoms with E-state index in [1.165, 1.54) is 19.4 Å². The Morgan fingerprint density at radius 3 is 2.59 bits per heavy atom. The maximum Gasteiger partial charge on any atom is 0.200 e. The van der Waals surface area contributed by atoms with Crippen molar-refractivity contribution < 1.29 is 18.7 Å². The number of nitrogens with two attached hydrogens (primary N) is 1. The molecule has 2 aromatic carbocycles. The Labute approximate surface area is 238 Å². The molecule has 0 spiro atoms. The topological polar surface area (TPSA) is 96.4 Å². The summed E-state index contributed by atoms with van der Waals surface area (Å²) >= 11 is 0. The van der Waals surface area contributed by atoms with Gasteiger partial charge in [-0.3, -0.25) is 9.59 Å². The Morgan fingerprint density at radius 2 is 1.88 bits per heavy atom. The van der Waals surface area contributed by atoms with Crippen LogP contribution in [0.15, 0.2) is 65.8 Å². The second-order valence-electron chi connectivity index (χ2n) is 10.7. The van der Waals surface area contributed by atoms with E-state index in [-0.39, 0.29) is 28.8 Å². The lowest BCUT2D eigenvalue weighted by molar-refractivity contribution is 0.0612. The summed E-state index contributed by atoms with van der Waals surface area (Å²) in [5.41, 5.74) is 10.2. The van der Waals surface area contributed by atoms with Gasteiger partial charge in [-0.2, -0.15) is 0 Å². The summed E-state index contributed by atoms with van der Waals surface area (Å²) in [6, 6.07) is 12.1. The summed E-state index contributed by atoms with van der Waals surface area (Å²) in [7, 11) is 1.50. The number of methoxy groups -OCH3 is 1. The van der Waals surface area contributed by atoms with Crippen LogP contribution in [0.25, 0.3) is 22.3 Å². The van der Waals surface area contributed by atoms with Gasteiger partial charge in [-0.05, 0) is 67.0 Å². The molecule has 2 aromatic heterocycles. The Bertz CT molecular complexity index is 1660. The smallest absolute Gasteiger partial charge is 0.200 e. The average Bonchev–Trinajstić information content (AvgIpc) is 2.95. The van der Waals surface area contributed by atoms with Crippen molar-refractivity contribution in [3.05, 3.63) is 99.3 Å². The molecule has 1 saturated heterocycles. The van der Waals surface area contributed by atoms with E-state index in [4.69, 9.17) is 15.2 Å². The lowest BCUT2D eigenvalue weighted by Gasteiger charge is -2.24. The van der Waals surface area contributed by atoms with Crippen molar-refractivity contribution in [1.29, 1.82) is 0 Å². The van der Waals surface area contributed by atoms with Crippen LogP contribution in [-0.4, -0.2) is 35.7 Å². The van der Waals surface area contributed by atoms with Crippen molar-refractivity contribution in [3.63, 3.8) is 0 Å². The normalized spacial score (nSPS) is 13.8. The number of Topliss-reactive ketones (excluding diaryl/α,β-unsaturated/α-hetero) is 1. The van der Waals surface area contributed by atoms with E-state index in [0.717, 1.165) is 29.5 Å². The molecule has 3 heterocycles. The zero-order valence-corrected chi connectivity index (χ0v) is 23.6. The molecule has 8 heteroatoms. The van der Waals surface area contributed by atoms with Gasteiger partial charge in [0.05, 0.1) is 18.2 Å². The van der Waals surface area contributed by atoms with Gasteiger partial charge < -0.3 is 19.8 Å². The molecule has 0 aliphatic carbocycles. The maximum atomic E-state index is 15.4. The number of aromatic nitrogens is 2. The number of anilines is 1. The third-order valence-corrected chi connectivity index (χ3v) is 7.72.